The van der Waals surface area contributed by atoms with Gasteiger partial charge in [0.05, 0.1) is 6.10 Å². The zero-order valence-corrected chi connectivity index (χ0v) is 9.93. The molecule has 2 aliphatic rings. The fourth-order valence-corrected chi connectivity index (χ4v) is 2.97. The molecule has 4 unspecified atom stereocenters. The monoisotopic (exact) mass is 241 g/mol. The highest BCUT2D eigenvalue weighted by molar-refractivity contribution is 5.86. The first kappa shape index (κ1) is 12.2. The number of aliphatic hydroxyl groups is 1. The van der Waals surface area contributed by atoms with Gasteiger partial charge in [-0.25, -0.2) is 4.79 Å². The Hall–Kier alpha value is -1.30. The molecule has 0 bridgehead atoms. The van der Waals surface area contributed by atoms with E-state index in [1.54, 1.807) is 11.8 Å². The highest BCUT2D eigenvalue weighted by Crippen LogP contribution is 2.38. The maximum atomic E-state index is 12.0. The molecule has 6 nitrogen and oxygen atoms in total. The quantitative estimate of drug-likeness (QED) is 0.595. The summed E-state index contributed by atoms with van der Waals surface area (Å²) in [6, 6.07) is -1.28. The fraction of sp³-hybridized carbons (Fsp3) is 0.818. The number of amides is 3. The third kappa shape index (κ3) is 2.36. The molecular formula is C11H19N3O3. The van der Waals surface area contributed by atoms with Crippen LogP contribution >= 0.6 is 0 Å². The highest BCUT2D eigenvalue weighted by Gasteiger charge is 2.43. The minimum atomic E-state index is -0.690. The van der Waals surface area contributed by atoms with Gasteiger partial charge in [0.2, 0.25) is 5.91 Å². The standard InChI is InChI=1S/C11H19N3O3/c1-6(13-11(12)17)10(16)14-4-7-2-3-9(15)8(7)5-14/h6-9,15H,2-5H2,1H3,(H3,12,13,17). The van der Waals surface area contributed by atoms with Crippen molar-refractivity contribution in [3.63, 3.8) is 0 Å². The van der Waals surface area contributed by atoms with Crippen LogP contribution in [0.15, 0.2) is 0 Å². The van der Waals surface area contributed by atoms with Crippen molar-refractivity contribution in [1.29, 1.82) is 0 Å². The number of nitrogens with two attached hydrogens (primary N) is 1. The summed E-state index contributed by atoms with van der Waals surface area (Å²) >= 11 is 0. The second-order valence-corrected chi connectivity index (χ2v) is 5.04. The van der Waals surface area contributed by atoms with Crippen LogP contribution in [0.1, 0.15) is 19.8 Å². The van der Waals surface area contributed by atoms with Crippen molar-refractivity contribution >= 4 is 11.9 Å². The molecule has 1 saturated heterocycles. The number of hydrogen-bond acceptors (Lipinski definition) is 3. The molecule has 6 heteroatoms. The van der Waals surface area contributed by atoms with Gasteiger partial charge in [-0.15, -0.1) is 0 Å². The average molecular weight is 241 g/mol. The van der Waals surface area contributed by atoms with Gasteiger partial charge in [0, 0.05) is 19.0 Å². The van der Waals surface area contributed by atoms with Crippen LogP contribution in [0.3, 0.4) is 0 Å². The first-order valence-corrected chi connectivity index (χ1v) is 6.02. The summed E-state index contributed by atoms with van der Waals surface area (Å²) in [5.74, 6) is 0.500. The number of primary amides is 1. The fourth-order valence-electron chi connectivity index (χ4n) is 2.97. The van der Waals surface area contributed by atoms with E-state index in [-0.39, 0.29) is 17.9 Å². The van der Waals surface area contributed by atoms with Crippen LogP contribution in [0.4, 0.5) is 4.79 Å². The summed E-state index contributed by atoms with van der Waals surface area (Å²) in [4.78, 5) is 24.4. The number of nitrogens with zero attached hydrogens (tertiary/aromatic N) is 1. The summed E-state index contributed by atoms with van der Waals surface area (Å²) in [5, 5.41) is 12.1. The highest BCUT2D eigenvalue weighted by atomic mass is 16.3. The van der Waals surface area contributed by atoms with Gasteiger partial charge in [-0.2, -0.15) is 0 Å². The molecule has 0 spiro atoms. The molecule has 1 aliphatic heterocycles. The summed E-state index contributed by atoms with van der Waals surface area (Å²) in [7, 11) is 0. The van der Waals surface area contributed by atoms with E-state index in [1.807, 2.05) is 0 Å². The maximum absolute atomic E-state index is 12.0. The predicted octanol–water partition coefficient (Wildman–Crippen LogP) is -0.727. The first-order chi connectivity index (χ1) is 7.99. The summed E-state index contributed by atoms with van der Waals surface area (Å²) < 4.78 is 0. The van der Waals surface area contributed by atoms with Crippen LogP contribution in [0, 0.1) is 11.8 Å². The SMILES string of the molecule is CC(NC(N)=O)C(=O)N1CC2CCC(O)C2C1. The number of likely N-dealkylation sites (tertiary alicyclic amines) is 1. The summed E-state index contributed by atoms with van der Waals surface area (Å²) in [5.41, 5.74) is 4.98. The van der Waals surface area contributed by atoms with Gasteiger partial charge in [-0.05, 0) is 25.7 Å². The average Bonchev–Trinajstić information content (AvgIpc) is 2.79. The molecule has 2 rings (SSSR count). The Kier molecular flexibility index (Phi) is 3.24. The molecule has 0 aromatic carbocycles. The molecule has 0 aromatic heterocycles. The molecule has 0 aromatic rings. The normalized spacial score (nSPS) is 33.3. The molecule has 4 atom stereocenters. The number of nitrogens with one attached hydrogen (secondary N) is 1. The third-order valence-electron chi connectivity index (χ3n) is 3.86. The van der Waals surface area contributed by atoms with E-state index >= 15 is 0 Å². The molecular weight excluding hydrogens is 222 g/mol. The van der Waals surface area contributed by atoms with E-state index in [4.69, 9.17) is 5.73 Å². The van der Waals surface area contributed by atoms with Crippen molar-refractivity contribution in [2.45, 2.75) is 31.9 Å². The molecule has 17 heavy (non-hydrogen) atoms. The Morgan fingerprint density at radius 1 is 1.41 bits per heavy atom. The Morgan fingerprint density at radius 3 is 2.71 bits per heavy atom. The van der Waals surface area contributed by atoms with Gasteiger partial charge >= 0.3 is 6.03 Å². The van der Waals surface area contributed by atoms with Gasteiger partial charge in [0.25, 0.3) is 0 Å². The first-order valence-electron chi connectivity index (χ1n) is 6.02. The van der Waals surface area contributed by atoms with Crippen molar-refractivity contribution in [3.05, 3.63) is 0 Å². The number of carbonyl (C=O) groups is 2. The second-order valence-electron chi connectivity index (χ2n) is 5.04. The number of fused-ring (bicyclic) bond motifs is 1. The van der Waals surface area contributed by atoms with Gasteiger partial charge in [0.1, 0.15) is 6.04 Å². The van der Waals surface area contributed by atoms with Crippen LogP contribution in [0.5, 0.6) is 0 Å². The van der Waals surface area contributed by atoms with E-state index in [9.17, 15) is 14.7 Å². The lowest BCUT2D eigenvalue weighted by atomic mass is 10.00. The molecule has 2 fully saturated rings. The Balaban J connectivity index is 1.92. The number of aliphatic hydroxyl groups excluding tert-OH is 1. The molecule has 4 N–H and O–H groups in total. The zero-order chi connectivity index (χ0) is 12.6. The van der Waals surface area contributed by atoms with E-state index in [2.05, 4.69) is 5.32 Å². The van der Waals surface area contributed by atoms with E-state index < -0.39 is 12.1 Å². The van der Waals surface area contributed by atoms with Gasteiger partial charge in [-0.1, -0.05) is 0 Å². The largest absolute Gasteiger partial charge is 0.393 e. The van der Waals surface area contributed by atoms with Crippen molar-refractivity contribution in [2.24, 2.45) is 17.6 Å². The van der Waals surface area contributed by atoms with E-state index in [0.717, 1.165) is 12.8 Å². The van der Waals surface area contributed by atoms with Crippen LogP contribution in [0.25, 0.3) is 0 Å². The molecule has 3 amide bonds. The Labute approximate surface area is 100 Å². The second kappa shape index (κ2) is 4.52. The van der Waals surface area contributed by atoms with Crippen LogP contribution in [0.2, 0.25) is 0 Å². The molecule has 1 heterocycles. The lowest BCUT2D eigenvalue weighted by Crippen LogP contribution is -2.48. The van der Waals surface area contributed by atoms with Crippen LogP contribution < -0.4 is 11.1 Å². The Morgan fingerprint density at radius 2 is 2.12 bits per heavy atom. The molecule has 1 saturated carbocycles. The predicted molar refractivity (Wildman–Crippen MR) is 61.0 cm³/mol. The summed E-state index contributed by atoms with van der Waals surface area (Å²) in [6.45, 7) is 2.90. The number of urea groups is 1. The third-order valence-corrected chi connectivity index (χ3v) is 3.86. The van der Waals surface area contributed by atoms with E-state index in [1.165, 1.54) is 0 Å². The number of rotatable bonds is 2. The maximum Gasteiger partial charge on any atom is 0.312 e. The molecule has 96 valence electrons. The number of carbonyl (C=O) groups excluding carboxylic acids is 2. The van der Waals surface area contributed by atoms with Crippen LogP contribution in [-0.4, -0.2) is 47.2 Å². The Bertz CT molecular complexity index is 334. The number of hydrogen-bond donors (Lipinski definition) is 3. The molecule has 0 radical (unpaired) electrons. The zero-order valence-electron chi connectivity index (χ0n) is 9.93. The minimum absolute atomic E-state index is 0.120. The van der Waals surface area contributed by atoms with Crippen molar-refractivity contribution < 1.29 is 14.7 Å². The van der Waals surface area contributed by atoms with Crippen LogP contribution in [-0.2, 0) is 4.79 Å². The smallest absolute Gasteiger partial charge is 0.312 e. The minimum Gasteiger partial charge on any atom is -0.393 e. The van der Waals surface area contributed by atoms with E-state index in [0.29, 0.717) is 19.0 Å². The van der Waals surface area contributed by atoms with Gasteiger partial charge in [-0.3, -0.25) is 4.79 Å². The van der Waals surface area contributed by atoms with Gasteiger partial charge in [0.15, 0.2) is 0 Å². The van der Waals surface area contributed by atoms with Crippen molar-refractivity contribution in [1.82, 2.24) is 10.2 Å². The lowest BCUT2D eigenvalue weighted by molar-refractivity contribution is -0.132. The van der Waals surface area contributed by atoms with Crippen molar-refractivity contribution in [2.75, 3.05) is 13.1 Å². The van der Waals surface area contributed by atoms with Crippen molar-refractivity contribution in [3.8, 4) is 0 Å². The van der Waals surface area contributed by atoms with Gasteiger partial charge < -0.3 is 21.1 Å². The lowest BCUT2D eigenvalue weighted by Gasteiger charge is -2.22. The summed E-state index contributed by atoms with van der Waals surface area (Å²) in [6.07, 6.45) is 1.54. The molecule has 1 aliphatic carbocycles. The topological polar surface area (TPSA) is 95.7 Å².